The molecule has 3 nitrogen and oxygen atoms in total. The molecule has 1 aromatic rings. The summed E-state index contributed by atoms with van der Waals surface area (Å²) in [6, 6.07) is 8.17. The highest BCUT2D eigenvalue weighted by Gasteiger charge is 2.10. The van der Waals surface area contributed by atoms with E-state index in [1.54, 1.807) is 11.8 Å². The average Bonchev–Trinajstić information content (AvgIpc) is 2.31. The zero-order valence-electron chi connectivity index (χ0n) is 10.2. The summed E-state index contributed by atoms with van der Waals surface area (Å²) in [5.41, 5.74) is 2.52. The molecule has 0 saturated carbocycles. The van der Waals surface area contributed by atoms with Crippen LogP contribution in [0.1, 0.15) is 17.5 Å². The van der Waals surface area contributed by atoms with Gasteiger partial charge in [0.25, 0.3) is 0 Å². The number of aliphatic hydroxyl groups excluding tert-OH is 1. The second kappa shape index (κ2) is 7.35. The maximum atomic E-state index is 10.9. The van der Waals surface area contributed by atoms with Crippen molar-refractivity contribution in [2.45, 2.75) is 25.2 Å². The monoisotopic (exact) mass is 254 g/mol. The summed E-state index contributed by atoms with van der Waals surface area (Å²) in [6.45, 7) is 2.07. The molecule has 0 aliphatic carbocycles. The Hall–Kier alpha value is -1.00. The van der Waals surface area contributed by atoms with Crippen LogP contribution in [0, 0.1) is 6.92 Å². The molecule has 0 spiro atoms. The summed E-state index contributed by atoms with van der Waals surface area (Å²) >= 11 is 1.62. The first kappa shape index (κ1) is 14.1. The quantitative estimate of drug-likeness (QED) is 0.790. The first-order chi connectivity index (χ1) is 8.13. The Bertz CT molecular complexity index is 365. The summed E-state index contributed by atoms with van der Waals surface area (Å²) in [5.74, 6) is 1.03. The van der Waals surface area contributed by atoms with Crippen LogP contribution in [-0.4, -0.2) is 30.0 Å². The number of carbonyl (C=O) groups is 1. The smallest absolute Gasteiger partial charge is 0.308 e. The van der Waals surface area contributed by atoms with Crippen LogP contribution in [0.4, 0.5) is 0 Å². The van der Waals surface area contributed by atoms with E-state index < -0.39 is 6.10 Å². The zero-order valence-corrected chi connectivity index (χ0v) is 11.0. The minimum absolute atomic E-state index is 0.0667. The van der Waals surface area contributed by atoms with Gasteiger partial charge in [-0.25, -0.2) is 0 Å². The van der Waals surface area contributed by atoms with Crippen LogP contribution >= 0.6 is 11.8 Å². The number of ether oxygens (including phenoxy) is 1. The van der Waals surface area contributed by atoms with Crippen molar-refractivity contribution in [3.63, 3.8) is 0 Å². The Morgan fingerprint density at radius 1 is 1.47 bits per heavy atom. The van der Waals surface area contributed by atoms with Gasteiger partial charge in [-0.2, -0.15) is 11.8 Å². The van der Waals surface area contributed by atoms with E-state index in [0.717, 1.165) is 5.75 Å². The average molecular weight is 254 g/mol. The van der Waals surface area contributed by atoms with Crippen LogP contribution in [0.3, 0.4) is 0 Å². The number of benzene rings is 1. The molecule has 1 aromatic carbocycles. The Morgan fingerprint density at radius 3 is 2.82 bits per heavy atom. The van der Waals surface area contributed by atoms with Gasteiger partial charge in [-0.3, -0.25) is 4.79 Å². The van der Waals surface area contributed by atoms with Crippen molar-refractivity contribution < 1.29 is 14.6 Å². The summed E-state index contributed by atoms with van der Waals surface area (Å²) in [4.78, 5) is 10.9. The lowest BCUT2D eigenvalue weighted by molar-refractivity contribution is -0.142. The standard InChI is InChI=1S/C13H18O3S/c1-10-5-3-4-6-11(10)8-17-9-12(14)7-13(15)16-2/h3-6,12,14H,7-9H2,1-2H3/t12-/m1/s1. The number of esters is 1. The molecule has 94 valence electrons. The van der Waals surface area contributed by atoms with Gasteiger partial charge in [0, 0.05) is 11.5 Å². The summed E-state index contributed by atoms with van der Waals surface area (Å²) in [7, 11) is 1.33. The number of rotatable bonds is 6. The predicted octanol–water partition coefficient (Wildman–Crippen LogP) is 2.15. The Balaban J connectivity index is 2.28. The highest BCUT2D eigenvalue weighted by Crippen LogP contribution is 2.17. The second-order valence-corrected chi connectivity index (χ2v) is 4.91. The van der Waals surface area contributed by atoms with Gasteiger partial charge >= 0.3 is 5.97 Å². The van der Waals surface area contributed by atoms with E-state index in [2.05, 4.69) is 23.8 Å². The zero-order chi connectivity index (χ0) is 12.7. The molecule has 17 heavy (non-hydrogen) atoms. The number of hydrogen-bond acceptors (Lipinski definition) is 4. The highest BCUT2D eigenvalue weighted by atomic mass is 32.2. The Kier molecular flexibility index (Phi) is 6.08. The van der Waals surface area contributed by atoms with Gasteiger partial charge in [-0.1, -0.05) is 24.3 Å². The maximum absolute atomic E-state index is 10.9. The number of aliphatic hydroxyl groups is 1. The molecular weight excluding hydrogens is 236 g/mol. The lowest BCUT2D eigenvalue weighted by Gasteiger charge is -2.09. The van der Waals surface area contributed by atoms with Crippen molar-refractivity contribution in [3.8, 4) is 0 Å². The molecule has 0 saturated heterocycles. The molecule has 0 heterocycles. The lowest BCUT2D eigenvalue weighted by Crippen LogP contribution is -2.16. The van der Waals surface area contributed by atoms with Crippen LogP contribution in [0.5, 0.6) is 0 Å². The van der Waals surface area contributed by atoms with Gasteiger partial charge in [0.2, 0.25) is 0 Å². The van der Waals surface area contributed by atoms with Crippen molar-refractivity contribution in [1.29, 1.82) is 0 Å². The van der Waals surface area contributed by atoms with E-state index in [4.69, 9.17) is 0 Å². The van der Waals surface area contributed by atoms with Gasteiger partial charge in [0.05, 0.1) is 19.6 Å². The maximum Gasteiger partial charge on any atom is 0.308 e. The number of hydrogen-bond donors (Lipinski definition) is 1. The van der Waals surface area contributed by atoms with Gasteiger partial charge in [-0.05, 0) is 18.1 Å². The fourth-order valence-electron chi connectivity index (χ4n) is 1.41. The van der Waals surface area contributed by atoms with Crippen molar-refractivity contribution in [2.75, 3.05) is 12.9 Å². The number of thioether (sulfide) groups is 1. The number of aryl methyl sites for hydroxylation is 1. The molecular formula is C13H18O3S. The fraction of sp³-hybridized carbons (Fsp3) is 0.462. The van der Waals surface area contributed by atoms with Crippen molar-refractivity contribution in [2.24, 2.45) is 0 Å². The Labute approximate surface area is 106 Å². The molecule has 0 amide bonds. The van der Waals surface area contributed by atoms with Gasteiger partial charge in [0.15, 0.2) is 0 Å². The van der Waals surface area contributed by atoms with E-state index in [-0.39, 0.29) is 12.4 Å². The molecule has 4 heteroatoms. The minimum atomic E-state index is -0.628. The number of methoxy groups -OCH3 is 1. The van der Waals surface area contributed by atoms with Crippen molar-refractivity contribution in [1.82, 2.24) is 0 Å². The first-order valence-electron chi connectivity index (χ1n) is 5.50. The largest absolute Gasteiger partial charge is 0.469 e. The van der Waals surface area contributed by atoms with E-state index >= 15 is 0 Å². The summed E-state index contributed by atoms with van der Waals surface area (Å²) in [6.07, 6.45) is -0.562. The highest BCUT2D eigenvalue weighted by molar-refractivity contribution is 7.98. The molecule has 1 N–H and O–H groups in total. The van der Waals surface area contributed by atoms with Crippen LogP contribution < -0.4 is 0 Å². The SMILES string of the molecule is COC(=O)C[C@@H](O)CSCc1ccccc1C. The van der Waals surface area contributed by atoms with Crippen LogP contribution in [0.15, 0.2) is 24.3 Å². The molecule has 0 aliphatic heterocycles. The molecule has 1 atom stereocenters. The molecule has 0 bridgehead atoms. The van der Waals surface area contributed by atoms with Crippen LogP contribution in [0.2, 0.25) is 0 Å². The van der Waals surface area contributed by atoms with Crippen molar-refractivity contribution in [3.05, 3.63) is 35.4 Å². The minimum Gasteiger partial charge on any atom is -0.469 e. The summed E-state index contributed by atoms with van der Waals surface area (Å²) < 4.78 is 4.50. The van der Waals surface area contributed by atoms with Gasteiger partial charge < -0.3 is 9.84 Å². The molecule has 0 radical (unpaired) electrons. The predicted molar refractivity (Wildman–Crippen MR) is 70.0 cm³/mol. The molecule has 0 aliphatic rings. The Morgan fingerprint density at radius 2 is 2.18 bits per heavy atom. The summed E-state index contributed by atoms with van der Waals surface area (Å²) in [5, 5.41) is 9.58. The topological polar surface area (TPSA) is 46.5 Å². The third-order valence-electron chi connectivity index (χ3n) is 2.46. The van der Waals surface area contributed by atoms with Gasteiger partial charge in [0.1, 0.15) is 0 Å². The van der Waals surface area contributed by atoms with E-state index in [1.165, 1.54) is 18.2 Å². The van der Waals surface area contributed by atoms with Gasteiger partial charge in [-0.15, -0.1) is 0 Å². The number of carbonyl (C=O) groups excluding carboxylic acids is 1. The molecule has 0 fully saturated rings. The van der Waals surface area contributed by atoms with E-state index in [1.807, 2.05) is 12.1 Å². The normalized spacial score (nSPS) is 12.2. The third-order valence-corrected chi connectivity index (χ3v) is 3.59. The van der Waals surface area contributed by atoms with Crippen LogP contribution in [0.25, 0.3) is 0 Å². The first-order valence-corrected chi connectivity index (χ1v) is 6.66. The van der Waals surface area contributed by atoms with E-state index in [0.29, 0.717) is 5.75 Å². The van der Waals surface area contributed by atoms with Crippen LogP contribution in [-0.2, 0) is 15.3 Å². The fourth-order valence-corrected chi connectivity index (χ4v) is 2.46. The molecule has 0 unspecified atom stereocenters. The molecule has 1 rings (SSSR count). The second-order valence-electron chi connectivity index (χ2n) is 3.88. The van der Waals surface area contributed by atoms with E-state index in [9.17, 15) is 9.90 Å². The molecule has 0 aromatic heterocycles. The third kappa shape index (κ3) is 5.24. The van der Waals surface area contributed by atoms with Crippen molar-refractivity contribution >= 4 is 17.7 Å². The lowest BCUT2D eigenvalue weighted by atomic mass is 10.1.